The van der Waals surface area contributed by atoms with Gasteiger partial charge in [0, 0.05) is 12.0 Å². The highest BCUT2D eigenvalue weighted by molar-refractivity contribution is 7.09. The molecule has 4 heteroatoms. The minimum absolute atomic E-state index is 0.271. The minimum Gasteiger partial charge on any atom is -0.481 e. The molecule has 3 nitrogen and oxygen atoms in total. The molecule has 0 aliphatic carbocycles. The summed E-state index contributed by atoms with van der Waals surface area (Å²) >= 11 is 1.58. The molecule has 0 aliphatic heterocycles. The number of carboxylic acid groups (broad SMARTS) is 1. The fourth-order valence-electron chi connectivity index (χ4n) is 1.09. The van der Waals surface area contributed by atoms with Gasteiger partial charge in [-0.15, -0.1) is 11.3 Å². The predicted octanol–water partition coefficient (Wildman–Crippen LogP) is 1.64. The van der Waals surface area contributed by atoms with Crippen LogP contribution in [0.5, 0.6) is 0 Å². The molecular formula is C9H12O3S. The summed E-state index contributed by atoms with van der Waals surface area (Å²) in [5, 5.41) is 10.8. The number of aliphatic carboxylic acids is 1. The van der Waals surface area contributed by atoms with Gasteiger partial charge in [0.15, 0.2) is 0 Å². The van der Waals surface area contributed by atoms with Crippen molar-refractivity contribution in [2.45, 2.75) is 6.42 Å². The Morgan fingerprint density at radius 3 is 3.00 bits per heavy atom. The van der Waals surface area contributed by atoms with Crippen molar-refractivity contribution in [3.05, 3.63) is 22.4 Å². The zero-order chi connectivity index (χ0) is 9.68. The molecule has 0 saturated heterocycles. The summed E-state index contributed by atoms with van der Waals surface area (Å²) in [5.74, 6) is -1.22. The second kappa shape index (κ2) is 4.99. The highest BCUT2D eigenvalue weighted by Crippen LogP contribution is 2.14. The lowest BCUT2D eigenvalue weighted by atomic mass is 10.1. The van der Waals surface area contributed by atoms with Crippen molar-refractivity contribution < 1.29 is 14.6 Å². The topological polar surface area (TPSA) is 46.5 Å². The van der Waals surface area contributed by atoms with Crippen LogP contribution in [-0.2, 0) is 16.0 Å². The van der Waals surface area contributed by atoms with Crippen molar-refractivity contribution in [1.29, 1.82) is 0 Å². The van der Waals surface area contributed by atoms with Gasteiger partial charge in [-0.3, -0.25) is 4.79 Å². The Morgan fingerprint density at radius 2 is 2.54 bits per heavy atom. The highest BCUT2D eigenvalue weighted by atomic mass is 32.1. The van der Waals surface area contributed by atoms with Crippen LogP contribution in [-0.4, -0.2) is 24.8 Å². The fourth-order valence-corrected chi connectivity index (χ4v) is 1.88. The molecule has 0 amide bonds. The van der Waals surface area contributed by atoms with Gasteiger partial charge in [0.1, 0.15) is 0 Å². The van der Waals surface area contributed by atoms with Crippen LogP contribution in [0.2, 0.25) is 0 Å². The van der Waals surface area contributed by atoms with E-state index in [1.54, 1.807) is 11.3 Å². The lowest BCUT2D eigenvalue weighted by Gasteiger charge is -2.08. The SMILES string of the molecule is COCC(Cc1cccs1)C(=O)O. The first-order valence-electron chi connectivity index (χ1n) is 3.98. The molecule has 0 spiro atoms. The Balaban J connectivity index is 2.52. The maximum Gasteiger partial charge on any atom is 0.309 e. The molecule has 0 aliphatic rings. The van der Waals surface area contributed by atoms with E-state index in [9.17, 15) is 4.79 Å². The van der Waals surface area contributed by atoms with Gasteiger partial charge in [0.25, 0.3) is 0 Å². The van der Waals surface area contributed by atoms with Crippen LogP contribution in [0.25, 0.3) is 0 Å². The number of methoxy groups -OCH3 is 1. The number of ether oxygens (including phenoxy) is 1. The summed E-state index contributed by atoms with van der Waals surface area (Å²) < 4.78 is 4.84. The summed E-state index contributed by atoms with van der Waals surface area (Å²) in [5.41, 5.74) is 0. The maximum atomic E-state index is 10.7. The lowest BCUT2D eigenvalue weighted by Crippen LogP contribution is -2.21. The van der Waals surface area contributed by atoms with Gasteiger partial charge < -0.3 is 9.84 Å². The van der Waals surface area contributed by atoms with Gasteiger partial charge in [-0.1, -0.05) is 6.07 Å². The van der Waals surface area contributed by atoms with Gasteiger partial charge in [-0.05, 0) is 17.9 Å². The molecule has 0 bridgehead atoms. The molecule has 72 valence electrons. The Labute approximate surface area is 81.0 Å². The summed E-state index contributed by atoms with van der Waals surface area (Å²) in [4.78, 5) is 11.8. The number of rotatable bonds is 5. The molecule has 0 saturated carbocycles. The monoisotopic (exact) mass is 200 g/mol. The quantitative estimate of drug-likeness (QED) is 0.786. The van der Waals surface area contributed by atoms with E-state index in [1.165, 1.54) is 7.11 Å². The summed E-state index contributed by atoms with van der Waals surface area (Å²) in [6.45, 7) is 0.271. The van der Waals surface area contributed by atoms with Crippen molar-refractivity contribution in [3.63, 3.8) is 0 Å². The smallest absolute Gasteiger partial charge is 0.309 e. The first-order chi connectivity index (χ1) is 6.24. The van der Waals surface area contributed by atoms with E-state index in [4.69, 9.17) is 9.84 Å². The van der Waals surface area contributed by atoms with Crippen molar-refractivity contribution in [2.24, 2.45) is 5.92 Å². The molecule has 1 aromatic rings. The molecule has 0 aromatic carbocycles. The van der Waals surface area contributed by atoms with Crippen LogP contribution < -0.4 is 0 Å². The number of hydrogen-bond donors (Lipinski definition) is 1. The largest absolute Gasteiger partial charge is 0.481 e. The van der Waals surface area contributed by atoms with Gasteiger partial charge in [0.05, 0.1) is 12.5 Å². The third kappa shape index (κ3) is 3.16. The molecule has 1 unspecified atom stereocenters. The standard InChI is InChI=1S/C9H12O3S/c1-12-6-7(9(10)11)5-8-3-2-4-13-8/h2-4,7H,5-6H2,1H3,(H,10,11). The molecule has 1 atom stereocenters. The summed E-state index contributed by atoms with van der Waals surface area (Å²) in [6.07, 6.45) is 0.556. The lowest BCUT2D eigenvalue weighted by molar-refractivity contribution is -0.143. The average molecular weight is 200 g/mol. The van der Waals surface area contributed by atoms with E-state index < -0.39 is 11.9 Å². The van der Waals surface area contributed by atoms with Crippen LogP contribution in [0.15, 0.2) is 17.5 Å². The molecule has 1 N–H and O–H groups in total. The minimum atomic E-state index is -0.796. The fraction of sp³-hybridized carbons (Fsp3) is 0.444. The molecule has 13 heavy (non-hydrogen) atoms. The van der Waals surface area contributed by atoms with E-state index in [2.05, 4.69) is 0 Å². The van der Waals surface area contributed by atoms with Crippen molar-refractivity contribution in [1.82, 2.24) is 0 Å². The van der Waals surface area contributed by atoms with Crippen LogP contribution in [0, 0.1) is 5.92 Å². The zero-order valence-electron chi connectivity index (χ0n) is 7.40. The second-order valence-electron chi connectivity index (χ2n) is 2.77. The van der Waals surface area contributed by atoms with Crippen LogP contribution in [0.3, 0.4) is 0 Å². The normalized spacial score (nSPS) is 12.7. The number of carboxylic acids is 1. The van der Waals surface area contributed by atoms with Crippen LogP contribution in [0.4, 0.5) is 0 Å². The van der Waals surface area contributed by atoms with Crippen molar-refractivity contribution >= 4 is 17.3 Å². The Hall–Kier alpha value is -0.870. The number of thiophene rings is 1. The molecule has 1 aromatic heterocycles. The molecule has 1 rings (SSSR count). The third-order valence-corrected chi connectivity index (χ3v) is 2.64. The van der Waals surface area contributed by atoms with Gasteiger partial charge >= 0.3 is 5.97 Å². The zero-order valence-corrected chi connectivity index (χ0v) is 8.21. The highest BCUT2D eigenvalue weighted by Gasteiger charge is 2.17. The first-order valence-corrected chi connectivity index (χ1v) is 4.86. The second-order valence-corrected chi connectivity index (χ2v) is 3.81. The number of hydrogen-bond acceptors (Lipinski definition) is 3. The maximum absolute atomic E-state index is 10.7. The van der Waals surface area contributed by atoms with Gasteiger partial charge in [0.2, 0.25) is 0 Å². The molecule has 0 radical (unpaired) electrons. The van der Waals surface area contributed by atoms with Crippen LogP contribution >= 0.6 is 11.3 Å². The Morgan fingerprint density at radius 1 is 1.77 bits per heavy atom. The van der Waals surface area contributed by atoms with E-state index >= 15 is 0 Å². The molecule has 0 fully saturated rings. The van der Waals surface area contributed by atoms with Crippen molar-refractivity contribution in [2.75, 3.05) is 13.7 Å². The summed E-state index contributed by atoms with van der Waals surface area (Å²) in [7, 11) is 1.52. The molecular weight excluding hydrogens is 188 g/mol. The van der Waals surface area contributed by atoms with Gasteiger partial charge in [-0.2, -0.15) is 0 Å². The predicted molar refractivity (Wildman–Crippen MR) is 51.0 cm³/mol. The molecule has 1 heterocycles. The third-order valence-electron chi connectivity index (χ3n) is 1.74. The number of carbonyl (C=O) groups is 1. The Bertz CT molecular complexity index is 256. The van der Waals surface area contributed by atoms with Crippen LogP contribution in [0.1, 0.15) is 4.88 Å². The first kappa shape index (κ1) is 10.2. The van der Waals surface area contributed by atoms with Crippen molar-refractivity contribution in [3.8, 4) is 0 Å². The Kier molecular flexibility index (Phi) is 3.92. The summed E-state index contributed by atoms with van der Waals surface area (Å²) in [6, 6.07) is 3.86. The van der Waals surface area contributed by atoms with Gasteiger partial charge in [-0.25, -0.2) is 0 Å². The van der Waals surface area contributed by atoms with E-state index in [-0.39, 0.29) is 6.61 Å². The average Bonchev–Trinajstić information content (AvgIpc) is 2.56. The van der Waals surface area contributed by atoms with E-state index in [1.807, 2.05) is 17.5 Å². The van der Waals surface area contributed by atoms with E-state index in [0.717, 1.165) is 4.88 Å². The van der Waals surface area contributed by atoms with E-state index in [0.29, 0.717) is 6.42 Å².